The molecule has 1 aliphatic rings. The lowest BCUT2D eigenvalue weighted by atomic mass is 10.1. The first-order chi connectivity index (χ1) is 7.60. The minimum Gasteiger partial charge on any atom is -0.480 e. The number of hydrogen-bond donors (Lipinski definition) is 1. The molecule has 0 amide bonds. The number of nitrogens with one attached hydrogen (secondary N) is 1. The van der Waals surface area contributed by atoms with Gasteiger partial charge >= 0.3 is 0 Å². The van der Waals surface area contributed by atoms with E-state index in [0.29, 0.717) is 19.1 Å². The minimum absolute atomic E-state index is 0.0731. The van der Waals surface area contributed by atoms with E-state index in [4.69, 9.17) is 9.47 Å². The Kier molecular flexibility index (Phi) is 4.65. The third kappa shape index (κ3) is 2.90. The number of hydrogen-bond acceptors (Lipinski definition) is 4. The van der Waals surface area contributed by atoms with Gasteiger partial charge in [0.2, 0.25) is 11.8 Å². The molecule has 1 rings (SSSR count). The van der Waals surface area contributed by atoms with Crippen LogP contribution in [0.5, 0.6) is 0 Å². The van der Waals surface area contributed by atoms with E-state index in [9.17, 15) is 0 Å². The van der Waals surface area contributed by atoms with Crippen LogP contribution in [0, 0.1) is 5.92 Å². The van der Waals surface area contributed by atoms with Crippen LogP contribution in [0.1, 0.15) is 34.6 Å². The summed E-state index contributed by atoms with van der Waals surface area (Å²) in [6, 6.07) is 0.0731. The summed E-state index contributed by atoms with van der Waals surface area (Å²) in [6.45, 7) is 11.4. The molecule has 0 aromatic carbocycles. The molecule has 0 aromatic heterocycles. The molecule has 0 aliphatic carbocycles. The Hall–Kier alpha value is -1.19. The first kappa shape index (κ1) is 12.9. The van der Waals surface area contributed by atoms with Crippen molar-refractivity contribution in [2.75, 3.05) is 13.2 Å². The SMILES string of the molecule is CCOC1=NC(C(C)C)=C(OCC)NC1C. The highest BCUT2D eigenvalue weighted by Crippen LogP contribution is 2.21. The molecule has 0 radical (unpaired) electrons. The van der Waals surface area contributed by atoms with Crippen molar-refractivity contribution in [1.29, 1.82) is 0 Å². The van der Waals surface area contributed by atoms with Crippen LogP contribution in [0.4, 0.5) is 0 Å². The van der Waals surface area contributed by atoms with Crippen molar-refractivity contribution < 1.29 is 9.47 Å². The van der Waals surface area contributed by atoms with Crippen LogP contribution < -0.4 is 5.32 Å². The molecule has 1 aliphatic heterocycles. The summed E-state index contributed by atoms with van der Waals surface area (Å²) in [7, 11) is 0. The predicted octanol–water partition coefficient (Wildman–Crippen LogP) is 2.27. The molecule has 0 bridgehead atoms. The van der Waals surface area contributed by atoms with Crippen LogP contribution in [0.25, 0.3) is 0 Å². The van der Waals surface area contributed by atoms with Crippen molar-refractivity contribution >= 4 is 5.90 Å². The minimum atomic E-state index is 0.0731. The lowest BCUT2D eigenvalue weighted by molar-refractivity contribution is 0.187. The first-order valence-corrected chi connectivity index (χ1v) is 5.95. The van der Waals surface area contributed by atoms with E-state index in [-0.39, 0.29) is 6.04 Å². The zero-order chi connectivity index (χ0) is 12.1. The molecule has 16 heavy (non-hydrogen) atoms. The third-order valence-corrected chi connectivity index (χ3v) is 2.31. The lowest BCUT2D eigenvalue weighted by Gasteiger charge is -2.27. The smallest absolute Gasteiger partial charge is 0.211 e. The van der Waals surface area contributed by atoms with Gasteiger partial charge in [-0.1, -0.05) is 13.8 Å². The van der Waals surface area contributed by atoms with Crippen molar-refractivity contribution in [2.24, 2.45) is 10.9 Å². The van der Waals surface area contributed by atoms with Crippen LogP contribution in [0.2, 0.25) is 0 Å². The van der Waals surface area contributed by atoms with Crippen molar-refractivity contribution in [3.8, 4) is 0 Å². The Balaban J connectivity index is 2.95. The number of allylic oxidation sites excluding steroid dienone is 1. The molecule has 92 valence electrons. The Labute approximate surface area is 97.7 Å². The van der Waals surface area contributed by atoms with Crippen molar-refractivity contribution in [3.05, 3.63) is 11.6 Å². The fraction of sp³-hybridized carbons (Fsp3) is 0.750. The first-order valence-electron chi connectivity index (χ1n) is 5.95. The van der Waals surface area contributed by atoms with E-state index in [1.54, 1.807) is 0 Å². The van der Waals surface area contributed by atoms with Gasteiger partial charge in [0.15, 0.2) is 0 Å². The number of ether oxygens (including phenoxy) is 2. The maximum absolute atomic E-state index is 5.56. The quantitative estimate of drug-likeness (QED) is 0.799. The molecular weight excluding hydrogens is 204 g/mol. The standard InChI is InChI=1S/C12H22N2O2/c1-6-15-11-9(5)13-12(16-7-2)10(14-11)8(3)4/h8-9,13H,6-7H2,1-5H3. The van der Waals surface area contributed by atoms with E-state index < -0.39 is 0 Å². The third-order valence-electron chi connectivity index (χ3n) is 2.31. The van der Waals surface area contributed by atoms with Crippen molar-refractivity contribution in [3.63, 3.8) is 0 Å². The molecule has 0 aromatic rings. The highest BCUT2D eigenvalue weighted by atomic mass is 16.5. The van der Waals surface area contributed by atoms with Gasteiger partial charge in [-0.2, -0.15) is 0 Å². The molecule has 0 fully saturated rings. The van der Waals surface area contributed by atoms with Crippen LogP contribution in [0.3, 0.4) is 0 Å². The second-order valence-corrected chi connectivity index (χ2v) is 4.05. The van der Waals surface area contributed by atoms with E-state index >= 15 is 0 Å². The van der Waals surface area contributed by atoms with Gasteiger partial charge in [-0.3, -0.25) is 0 Å². The largest absolute Gasteiger partial charge is 0.480 e. The second kappa shape index (κ2) is 5.77. The van der Waals surface area contributed by atoms with Gasteiger partial charge in [0.25, 0.3) is 0 Å². The van der Waals surface area contributed by atoms with E-state index in [1.165, 1.54) is 0 Å². The summed E-state index contributed by atoms with van der Waals surface area (Å²) >= 11 is 0. The summed E-state index contributed by atoms with van der Waals surface area (Å²) in [6.07, 6.45) is 0. The Morgan fingerprint density at radius 3 is 2.38 bits per heavy atom. The summed E-state index contributed by atoms with van der Waals surface area (Å²) in [5.41, 5.74) is 0.934. The van der Waals surface area contributed by atoms with Gasteiger partial charge in [-0.25, -0.2) is 4.99 Å². The van der Waals surface area contributed by atoms with Crippen molar-refractivity contribution in [1.82, 2.24) is 5.32 Å². The summed E-state index contributed by atoms with van der Waals surface area (Å²) in [4.78, 5) is 4.54. The highest BCUT2D eigenvalue weighted by molar-refractivity contribution is 5.83. The van der Waals surface area contributed by atoms with Gasteiger partial charge in [0.1, 0.15) is 11.7 Å². The summed E-state index contributed by atoms with van der Waals surface area (Å²) < 4.78 is 11.1. The number of aliphatic imine (C=N–C) groups is 1. The normalized spacial score (nSPS) is 20.6. The van der Waals surface area contributed by atoms with E-state index in [1.807, 2.05) is 20.8 Å². The number of nitrogens with zero attached hydrogens (tertiary/aromatic N) is 1. The fourth-order valence-corrected chi connectivity index (χ4v) is 1.56. The molecule has 1 atom stereocenters. The molecule has 4 nitrogen and oxygen atoms in total. The zero-order valence-corrected chi connectivity index (χ0v) is 10.8. The fourth-order valence-electron chi connectivity index (χ4n) is 1.56. The topological polar surface area (TPSA) is 42.9 Å². The average molecular weight is 226 g/mol. The maximum Gasteiger partial charge on any atom is 0.211 e. The van der Waals surface area contributed by atoms with E-state index in [2.05, 4.69) is 24.2 Å². The zero-order valence-electron chi connectivity index (χ0n) is 10.8. The van der Waals surface area contributed by atoms with Gasteiger partial charge in [-0.05, 0) is 20.8 Å². The molecule has 0 spiro atoms. The van der Waals surface area contributed by atoms with Crippen LogP contribution in [-0.4, -0.2) is 25.2 Å². The molecule has 1 N–H and O–H groups in total. The maximum atomic E-state index is 5.56. The van der Waals surface area contributed by atoms with Gasteiger partial charge in [0, 0.05) is 5.92 Å². The van der Waals surface area contributed by atoms with Crippen LogP contribution in [0.15, 0.2) is 16.6 Å². The molecule has 4 heteroatoms. The Morgan fingerprint density at radius 2 is 1.88 bits per heavy atom. The molecular formula is C12H22N2O2. The van der Waals surface area contributed by atoms with Crippen LogP contribution >= 0.6 is 0 Å². The molecule has 0 saturated carbocycles. The van der Waals surface area contributed by atoms with Crippen LogP contribution in [-0.2, 0) is 9.47 Å². The summed E-state index contributed by atoms with van der Waals surface area (Å²) in [5.74, 6) is 1.85. The molecule has 1 unspecified atom stereocenters. The lowest BCUT2D eigenvalue weighted by Crippen LogP contribution is -2.40. The van der Waals surface area contributed by atoms with Gasteiger partial charge in [-0.15, -0.1) is 0 Å². The van der Waals surface area contributed by atoms with Crippen molar-refractivity contribution in [2.45, 2.75) is 40.7 Å². The summed E-state index contributed by atoms with van der Waals surface area (Å²) in [5, 5.41) is 3.29. The highest BCUT2D eigenvalue weighted by Gasteiger charge is 2.24. The molecule has 1 heterocycles. The number of rotatable bonds is 4. The van der Waals surface area contributed by atoms with Gasteiger partial charge in [0.05, 0.1) is 13.2 Å². The molecule has 0 saturated heterocycles. The van der Waals surface area contributed by atoms with E-state index in [0.717, 1.165) is 17.5 Å². The van der Waals surface area contributed by atoms with Gasteiger partial charge < -0.3 is 14.8 Å². The predicted molar refractivity (Wildman–Crippen MR) is 65.1 cm³/mol. The monoisotopic (exact) mass is 226 g/mol. The average Bonchev–Trinajstić information content (AvgIpc) is 2.22. The Bertz CT molecular complexity index is 295. The second-order valence-electron chi connectivity index (χ2n) is 4.05. The Morgan fingerprint density at radius 1 is 1.25 bits per heavy atom.